The predicted molar refractivity (Wildman–Crippen MR) is 51.1 cm³/mol. The van der Waals surface area contributed by atoms with Gasteiger partial charge < -0.3 is 0 Å². The van der Waals surface area contributed by atoms with Crippen LogP contribution in [0.5, 0.6) is 0 Å². The monoisotopic (exact) mass is 292 g/mol. The topological polar surface area (TPSA) is 54.5 Å². The maximum absolute atomic E-state index is 12.4. The fraction of sp³-hybridized carbons (Fsp3) is 0.125. The van der Waals surface area contributed by atoms with Gasteiger partial charge in [0.15, 0.2) is 0 Å². The number of aromatic nitrogens is 4. The van der Waals surface area contributed by atoms with Crippen LogP contribution < -0.4 is 0 Å². The summed E-state index contributed by atoms with van der Waals surface area (Å²) < 4.78 is 44.3. The molecule has 1 N–H and O–H groups in total. The molecule has 0 saturated heterocycles. The van der Waals surface area contributed by atoms with Crippen LogP contribution in [-0.4, -0.2) is 32.9 Å². The van der Waals surface area contributed by atoms with E-state index < -0.39 is 12.0 Å². The van der Waals surface area contributed by atoms with E-state index in [1.54, 1.807) is 6.07 Å². The van der Waals surface area contributed by atoms with Crippen LogP contribution in [-0.2, 0) is 6.18 Å². The Balaban J connectivity index is 2.39. The summed E-state index contributed by atoms with van der Waals surface area (Å²) in [5, 5.41) is 0. The maximum atomic E-state index is 12.4. The Hall–Kier alpha value is -1.40. The van der Waals surface area contributed by atoms with E-state index in [4.69, 9.17) is 0 Å². The normalized spacial score (nSPS) is 12.7. The van der Waals surface area contributed by atoms with Crippen LogP contribution in [0.3, 0.4) is 0 Å². The molecule has 0 radical (unpaired) electrons. The molecular formula is C8H3F3N4Se. The Bertz CT molecular complexity index is 669. The molecule has 2 aromatic heterocycles. The van der Waals surface area contributed by atoms with E-state index in [-0.39, 0.29) is 26.0 Å². The van der Waals surface area contributed by atoms with E-state index in [0.717, 1.165) is 5.52 Å². The van der Waals surface area contributed by atoms with Gasteiger partial charge in [-0.1, -0.05) is 0 Å². The fourth-order valence-corrected chi connectivity index (χ4v) is 2.66. The summed E-state index contributed by atoms with van der Waals surface area (Å²) in [6, 6.07) is 3.19. The van der Waals surface area contributed by atoms with Crippen LogP contribution in [0.2, 0.25) is 0 Å². The van der Waals surface area contributed by atoms with Crippen molar-refractivity contribution in [3.8, 4) is 0 Å². The molecule has 3 aromatic rings. The molecule has 16 heavy (non-hydrogen) atoms. The number of H-pyrrole nitrogens is 1. The molecule has 0 bridgehead atoms. The average Bonchev–Trinajstić information content (AvgIpc) is 2.81. The number of hydrogen-bond acceptors (Lipinski definition) is 3. The number of hydrogen-bond donors (Lipinski definition) is 1. The van der Waals surface area contributed by atoms with Crippen LogP contribution in [0.4, 0.5) is 13.2 Å². The number of nitrogens with one attached hydrogen (secondary N) is 1. The first kappa shape index (κ1) is 9.80. The summed E-state index contributed by atoms with van der Waals surface area (Å²) in [4.78, 5) is 6.94. The molecule has 1 aromatic carbocycles. The van der Waals surface area contributed by atoms with Crippen LogP contribution in [0.1, 0.15) is 5.82 Å². The van der Waals surface area contributed by atoms with Gasteiger partial charge in [-0.3, -0.25) is 0 Å². The van der Waals surface area contributed by atoms with Crippen molar-refractivity contribution in [3.05, 3.63) is 18.0 Å². The molecule has 0 unspecified atom stereocenters. The van der Waals surface area contributed by atoms with Crippen molar-refractivity contribution in [2.24, 2.45) is 0 Å². The van der Waals surface area contributed by atoms with Gasteiger partial charge in [0, 0.05) is 0 Å². The molecule has 82 valence electrons. The quantitative estimate of drug-likeness (QED) is 0.640. The molecule has 0 aliphatic carbocycles. The fourth-order valence-electron chi connectivity index (χ4n) is 1.43. The van der Waals surface area contributed by atoms with E-state index in [1.165, 1.54) is 6.07 Å². The number of halogens is 3. The third-order valence-corrected chi connectivity index (χ3v) is 3.35. The van der Waals surface area contributed by atoms with Crippen molar-refractivity contribution in [2.75, 3.05) is 0 Å². The number of nitrogens with zero attached hydrogens (tertiary/aromatic N) is 3. The van der Waals surface area contributed by atoms with Crippen molar-refractivity contribution in [3.63, 3.8) is 0 Å². The van der Waals surface area contributed by atoms with Gasteiger partial charge >= 0.3 is 92.3 Å². The first-order chi connectivity index (χ1) is 7.55. The van der Waals surface area contributed by atoms with Crippen molar-refractivity contribution < 1.29 is 13.2 Å². The van der Waals surface area contributed by atoms with Crippen LogP contribution >= 0.6 is 0 Å². The average molecular weight is 291 g/mol. The SMILES string of the molecule is FC(F)(F)c1nc2ccc3[nH][se]nc3c2n1. The number of benzene rings is 1. The Labute approximate surface area is 92.7 Å². The number of aromatic amines is 1. The molecule has 8 heteroatoms. The molecule has 0 aliphatic rings. The molecule has 0 amide bonds. The molecular weight excluding hydrogens is 288 g/mol. The third kappa shape index (κ3) is 1.34. The zero-order valence-corrected chi connectivity index (χ0v) is 9.25. The van der Waals surface area contributed by atoms with E-state index in [1.807, 2.05) is 0 Å². The van der Waals surface area contributed by atoms with Crippen molar-refractivity contribution >= 4 is 37.0 Å². The number of alkyl halides is 3. The van der Waals surface area contributed by atoms with Crippen LogP contribution in [0.25, 0.3) is 22.1 Å². The second-order valence-corrected chi connectivity index (χ2v) is 4.35. The zero-order valence-electron chi connectivity index (χ0n) is 7.54. The molecule has 0 aliphatic heterocycles. The van der Waals surface area contributed by atoms with E-state index in [9.17, 15) is 13.2 Å². The van der Waals surface area contributed by atoms with Crippen LogP contribution in [0.15, 0.2) is 12.1 Å². The van der Waals surface area contributed by atoms with Crippen molar-refractivity contribution in [1.82, 2.24) is 17.9 Å². The van der Waals surface area contributed by atoms with Gasteiger partial charge in [-0.05, 0) is 0 Å². The van der Waals surface area contributed by atoms with Gasteiger partial charge in [-0.2, -0.15) is 0 Å². The predicted octanol–water partition coefficient (Wildman–Crippen LogP) is 1.58. The van der Waals surface area contributed by atoms with E-state index >= 15 is 0 Å². The van der Waals surface area contributed by atoms with Crippen molar-refractivity contribution in [2.45, 2.75) is 6.18 Å². The molecule has 2 heterocycles. The molecule has 3 rings (SSSR count). The summed E-state index contributed by atoms with van der Waals surface area (Å²) in [5.74, 6) is -1.11. The second-order valence-electron chi connectivity index (χ2n) is 3.16. The van der Waals surface area contributed by atoms with Gasteiger partial charge in [0.25, 0.3) is 0 Å². The van der Waals surface area contributed by atoms with Gasteiger partial charge in [0.05, 0.1) is 0 Å². The molecule has 4 nitrogen and oxygen atoms in total. The first-order valence-corrected chi connectivity index (χ1v) is 5.86. The van der Waals surface area contributed by atoms with E-state index in [2.05, 4.69) is 17.9 Å². The van der Waals surface area contributed by atoms with Gasteiger partial charge in [-0.15, -0.1) is 0 Å². The molecule has 0 fully saturated rings. The number of rotatable bonds is 0. The molecule has 0 atom stereocenters. The standard InChI is InChI=1S/C8H3F3N4Se/c9-8(10,11)7-12-3-1-2-4-6(5(3)13-7)15-16-14-4/h1-2,14H. The summed E-state index contributed by atoms with van der Waals surface area (Å²) in [6.45, 7) is 0. The molecule has 0 saturated carbocycles. The Morgan fingerprint density at radius 1 is 1.12 bits per heavy atom. The summed E-state index contributed by atoms with van der Waals surface area (Å²) in [6.07, 6.45) is -4.51. The Morgan fingerprint density at radius 3 is 2.69 bits per heavy atom. The first-order valence-electron chi connectivity index (χ1n) is 4.23. The van der Waals surface area contributed by atoms with Gasteiger partial charge in [0.2, 0.25) is 0 Å². The van der Waals surface area contributed by atoms with Crippen LogP contribution in [0, 0.1) is 0 Å². The van der Waals surface area contributed by atoms with E-state index in [0.29, 0.717) is 5.52 Å². The zero-order chi connectivity index (χ0) is 11.3. The van der Waals surface area contributed by atoms with Crippen molar-refractivity contribution in [1.29, 1.82) is 0 Å². The minimum absolute atomic E-state index is 0.159. The summed E-state index contributed by atoms with van der Waals surface area (Å²) in [7, 11) is 0. The minimum atomic E-state index is -4.51. The summed E-state index contributed by atoms with van der Waals surface area (Å²) in [5.41, 5.74) is 1.66. The Kier molecular flexibility index (Phi) is 1.87. The van der Waals surface area contributed by atoms with Gasteiger partial charge in [0.1, 0.15) is 0 Å². The van der Waals surface area contributed by atoms with Gasteiger partial charge in [-0.25, -0.2) is 0 Å². The molecule has 0 spiro atoms. The Morgan fingerprint density at radius 2 is 1.94 bits per heavy atom. The third-order valence-electron chi connectivity index (χ3n) is 2.12. The second kappa shape index (κ2) is 3.05. The summed E-state index contributed by atoms with van der Waals surface area (Å²) >= 11 is -0.159. The number of imidazole rings is 1. The number of fused-ring (bicyclic) bond motifs is 3.